The van der Waals surface area contributed by atoms with Crippen LogP contribution in [0.5, 0.6) is 0 Å². The minimum atomic E-state index is -1.46. The van der Waals surface area contributed by atoms with Gasteiger partial charge in [0, 0.05) is 11.9 Å². The van der Waals surface area contributed by atoms with E-state index < -0.39 is 33.8 Å². The Morgan fingerprint density at radius 2 is 1.88 bits per heavy atom. The highest BCUT2D eigenvalue weighted by Gasteiger charge is 2.73. The van der Waals surface area contributed by atoms with Crippen molar-refractivity contribution in [1.29, 1.82) is 0 Å². The normalized spacial score (nSPS) is 28.9. The molecule has 0 bridgehead atoms. The summed E-state index contributed by atoms with van der Waals surface area (Å²) in [6.45, 7) is 3.74. The molecule has 1 aromatic rings. The summed E-state index contributed by atoms with van der Waals surface area (Å²) >= 11 is 1.42. The zero-order valence-electron chi connectivity index (χ0n) is 15.1. The third kappa shape index (κ3) is 2.77. The SMILES string of the molecule is COC(=O)C1N2C(=O)C(NC(=O)Cc3ccccc3)(OC)C2SC1(C)C. The van der Waals surface area contributed by atoms with Crippen molar-refractivity contribution in [3.8, 4) is 0 Å². The average molecular weight is 378 g/mol. The van der Waals surface area contributed by atoms with Crippen LogP contribution in [0.2, 0.25) is 0 Å². The van der Waals surface area contributed by atoms with Crippen molar-refractivity contribution in [2.45, 2.75) is 42.2 Å². The molecule has 0 aliphatic carbocycles. The summed E-state index contributed by atoms with van der Waals surface area (Å²) in [5.41, 5.74) is -0.622. The van der Waals surface area contributed by atoms with E-state index in [2.05, 4.69) is 5.32 Å². The van der Waals surface area contributed by atoms with Crippen molar-refractivity contribution in [3.63, 3.8) is 0 Å². The van der Waals surface area contributed by atoms with Gasteiger partial charge in [0.15, 0.2) is 0 Å². The molecule has 1 N–H and O–H groups in total. The van der Waals surface area contributed by atoms with Gasteiger partial charge >= 0.3 is 5.97 Å². The number of carbonyl (C=O) groups is 3. The van der Waals surface area contributed by atoms with Crippen LogP contribution in [0.4, 0.5) is 0 Å². The molecule has 2 aliphatic heterocycles. The molecule has 2 saturated heterocycles. The number of rotatable bonds is 5. The Balaban J connectivity index is 1.80. The maximum atomic E-state index is 12.9. The van der Waals surface area contributed by atoms with Gasteiger partial charge in [0.2, 0.25) is 5.91 Å². The van der Waals surface area contributed by atoms with Crippen molar-refractivity contribution in [3.05, 3.63) is 35.9 Å². The molecule has 0 spiro atoms. The molecule has 140 valence electrons. The minimum absolute atomic E-state index is 0.139. The van der Waals surface area contributed by atoms with E-state index in [0.717, 1.165) is 5.56 Å². The van der Waals surface area contributed by atoms with Crippen LogP contribution >= 0.6 is 11.8 Å². The first-order valence-electron chi connectivity index (χ1n) is 8.25. The van der Waals surface area contributed by atoms with Gasteiger partial charge in [-0.3, -0.25) is 9.59 Å². The highest BCUT2D eigenvalue weighted by atomic mass is 32.2. The molecule has 1 aromatic carbocycles. The smallest absolute Gasteiger partial charge is 0.330 e. The third-order valence-corrected chi connectivity index (χ3v) is 6.40. The van der Waals surface area contributed by atoms with Gasteiger partial charge in [-0.15, -0.1) is 11.8 Å². The summed E-state index contributed by atoms with van der Waals surface area (Å²) in [5, 5.41) is 2.25. The molecule has 8 heteroatoms. The predicted molar refractivity (Wildman–Crippen MR) is 96.1 cm³/mol. The molecule has 2 aliphatic rings. The van der Waals surface area contributed by atoms with E-state index in [1.165, 1.54) is 30.9 Å². The maximum Gasteiger partial charge on any atom is 0.330 e. The largest absolute Gasteiger partial charge is 0.467 e. The Kier molecular flexibility index (Phi) is 4.74. The molecular formula is C18H22N2O5S. The van der Waals surface area contributed by atoms with E-state index in [-0.39, 0.29) is 12.3 Å². The number of amides is 2. The first-order chi connectivity index (χ1) is 12.3. The quantitative estimate of drug-likeness (QED) is 0.466. The van der Waals surface area contributed by atoms with Crippen molar-refractivity contribution >= 4 is 29.5 Å². The Morgan fingerprint density at radius 1 is 1.23 bits per heavy atom. The molecule has 3 unspecified atom stereocenters. The fourth-order valence-corrected chi connectivity index (χ4v) is 5.18. The lowest BCUT2D eigenvalue weighted by molar-refractivity contribution is -0.201. The molecule has 2 amide bonds. The number of hydrogen-bond acceptors (Lipinski definition) is 6. The Morgan fingerprint density at radius 3 is 2.46 bits per heavy atom. The standard InChI is InChI=1S/C18H22N2O5S/c1-17(2)13(14(22)24-3)20-15(23)18(25-4,16(20)26-17)19-12(21)10-11-8-6-5-7-9-11/h5-9,13,16H,10H2,1-4H3,(H,19,21). The van der Waals surface area contributed by atoms with E-state index in [0.29, 0.717) is 0 Å². The summed E-state index contributed by atoms with van der Waals surface area (Å²) in [6.07, 6.45) is 0.139. The number of β-lactam (4-membered cyclic amide) rings is 1. The summed E-state index contributed by atoms with van der Waals surface area (Å²) in [6, 6.07) is 8.53. The number of nitrogens with one attached hydrogen (secondary N) is 1. The maximum absolute atomic E-state index is 12.9. The Hall–Kier alpha value is -2.06. The summed E-state index contributed by atoms with van der Waals surface area (Å²) in [4.78, 5) is 39.0. The summed E-state index contributed by atoms with van der Waals surface area (Å²) in [7, 11) is 2.68. The number of hydrogen-bond donors (Lipinski definition) is 1. The summed E-state index contributed by atoms with van der Waals surface area (Å²) in [5.74, 6) is -1.22. The number of nitrogens with zero attached hydrogens (tertiary/aromatic N) is 1. The average Bonchev–Trinajstić information content (AvgIpc) is 2.88. The van der Waals surface area contributed by atoms with E-state index in [1.54, 1.807) is 0 Å². The molecule has 3 rings (SSSR count). The van der Waals surface area contributed by atoms with E-state index in [9.17, 15) is 14.4 Å². The zero-order valence-corrected chi connectivity index (χ0v) is 16.0. The van der Waals surface area contributed by atoms with Crippen LogP contribution < -0.4 is 5.32 Å². The minimum Gasteiger partial charge on any atom is -0.467 e. The molecule has 7 nitrogen and oxygen atoms in total. The number of ether oxygens (including phenoxy) is 2. The predicted octanol–water partition coefficient (Wildman–Crippen LogP) is 0.923. The molecule has 2 fully saturated rings. The van der Waals surface area contributed by atoms with Crippen LogP contribution in [0.25, 0.3) is 0 Å². The number of carbonyl (C=O) groups excluding carboxylic acids is 3. The topological polar surface area (TPSA) is 84.9 Å². The second-order valence-electron chi connectivity index (χ2n) is 6.86. The molecule has 0 saturated carbocycles. The van der Waals surface area contributed by atoms with Crippen LogP contribution in [0, 0.1) is 0 Å². The van der Waals surface area contributed by atoms with Crippen molar-refractivity contribution < 1.29 is 23.9 Å². The molecule has 3 atom stereocenters. The molecular weight excluding hydrogens is 356 g/mol. The van der Waals surface area contributed by atoms with Crippen LogP contribution in [-0.2, 0) is 30.3 Å². The second kappa shape index (κ2) is 6.59. The van der Waals surface area contributed by atoms with E-state index in [4.69, 9.17) is 9.47 Å². The van der Waals surface area contributed by atoms with Gasteiger partial charge in [-0.05, 0) is 19.4 Å². The molecule has 0 radical (unpaired) electrons. The summed E-state index contributed by atoms with van der Waals surface area (Å²) < 4.78 is 9.77. The number of esters is 1. The lowest BCUT2D eigenvalue weighted by Gasteiger charge is -2.51. The second-order valence-corrected chi connectivity index (χ2v) is 8.60. The van der Waals surface area contributed by atoms with Crippen LogP contribution in [0.1, 0.15) is 19.4 Å². The lowest BCUT2D eigenvalue weighted by atomic mass is 9.93. The monoisotopic (exact) mass is 378 g/mol. The number of benzene rings is 1. The van der Waals surface area contributed by atoms with Crippen molar-refractivity contribution in [2.75, 3.05) is 14.2 Å². The molecule has 26 heavy (non-hydrogen) atoms. The third-order valence-electron chi connectivity index (χ3n) is 4.78. The first kappa shape index (κ1) is 18.7. The van der Waals surface area contributed by atoms with Gasteiger partial charge in [0.25, 0.3) is 11.6 Å². The molecule has 2 heterocycles. The lowest BCUT2D eigenvalue weighted by Crippen LogP contribution is -2.80. The number of methoxy groups -OCH3 is 2. The van der Waals surface area contributed by atoms with Crippen molar-refractivity contribution in [1.82, 2.24) is 10.2 Å². The van der Waals surface area contributed by atoms with Gasteiger partial charge in [0.1, 0.15) is 11.4 Å². The zero-order chi connectivity index (χ0) is 19.1. The van der Waals surface area contributed by atoms with Crippen LogP contribution in [-0.4, -0.2) is 58.8 Å². The van der Waals surface area contributed by atoms with Crippen LogP contribution in [0.3, 0.4) is 0 Å². The van der Waals surface area contributed by atoms with Gasteiger partial charge < -0.3 is 19.7 Å². The van der Waals surface area contributed by atoms with E-state index in [1.807, 2.05) is 44.2 Å². The molecule has 0 aromatic heterocycles. The Labute approximate surface area is 156 Å². The Bertz CT molecular complexity index is 738. The highest BCUT2D eigenvalue weighted by molar-refractivity contribution is 8.01. The number of thioether (sulfide) groups is 1. The van der Waals surface area contributed by atoms with Gasteiger partial charge in [-0.2, -0.15) is 0 Å². The van der Waals surface area contributed by atoms with Crippen LogP contribution in [0.15, 0.2) is 30.3 Å². The van der Waals surface area contributed by atoms with Gasteiger partial charge in [0.05, 0.1) is 13.5 Å². The van der Waals surface area contributed by atoms with E-state index >= 15 is 0 Å². The fourth-order valence-electron chi connectivity index (χ4n) is 3.51. The van der Waals surface area contributed by atoms with Gasteiger partial charge in [-0.25, -0.2) is 4.79 Å². The number of fused-ring (bicyclic) bond motifs is 1. The first-order valence-corrected chi connectivity index (χ1v) is 9.13. The fraction of sp³-hybridized carbons (Fsp3) is 0.500. The van der Waals surface area contributed by atoms with Gasteiger partial charge in [-0.1, -0.05) is 30.3 Å². The van der Waals surface area contributed by atoms with Crippen molar-refractivity contribution in [2.24, 2.45) is 0 Å². The highest BCUT2D eigenvalue weighted by Crippen LogP contribution is 2.55.